The summed E-state index contributed by atoms with van der Waals surface area (Å²) < 4.78 is 1.53. The number of fused-ring (bicyclic) bond motifs is 1. The number of amides is 1. The van der Waals surface area contributed by atoms with Gasteiger partial charge in [-0.3, -0.25) is 14.0 Å². The second kappa shape index (κ2) is 5.96. The number of carbonyl (C=O) groups is 1. The molecule has 0 spiro atoms. The van der Waals surface area contributed by atoms with Gasteiger partial charge in [-0.2, -0.15) is 0 Å². The van der Waals surface area contributed by atoms with E-state index in [9.17, 15) is 9.59 Å². The van der Waals surface area contributed by atoms with Gasteiger partial charge < -0.3 is 5.32 Å². The van der Waals surface area contributed by atoms with E-state index in [1.807, 2.05) is 43.5 Å². The van der Waals surface area contributed by atoms with Crippen LogP contribution in [0.5, 0.6) is 0 Å². The van der Waals surface area contributed by atoms with E-state index in [0.29, 0.717) is 10.7 Å². The van der Waals surface area contributed by atoms with Crippen LogP contribution in [0.4, 0.5) is 5.69 Å². The Balaban J connectivity index is 1.90. The zero-order valence-corrected chi connectivity index (χ0v) is 14.0. The van der Waals surface area contributed by atoms with Crippen molar-refractivity contribution in [3.63, 3.8) is 0 Å². The molecule has 1 aromatic carbocycles. The number of nitrogens with one attached hydrogen (secondary N) is 1. The number of rotatable bonds is 3. The van der Waals surface area contributed by atoms with Crippen LogP contribution >= 0.6 is 11.3 Å². The fraction of sp³-hybridized carbons (Fsp3) is 0.235. The Bertz CT molecular complexity index is 956. The van der Waals surface area contributed by atoms with Crippen LogP contribution in [0.15, 0.2) is 34.4 Å². The van der Waals surface area contributed by atoms with E-state index in [1.54, 1.807) is 6.92 Å². The molecule has 1 N–H and O–H groups in total. The maximum absolute atomic E-state index is 12.6. The molecule has 3 rings (SSSR count). The molecule has 0 aliphatic carbocycles. The van der Waals surface area contributed by atoms with Gasteiger partial charge in [0.05, 0.1) is 12.1 Å². The molecule has 6 heteroatoms. The normalized spacial score (nSPS) is 10.9. The van der Waals surface area contributed by atoms with E-state index >= 15 is 0 Å². The summed E-state index contributed by atoms with van der Waals surface area (Å²) in [6, 6.07) is 7.76. The topological polar surface area (TPSA) is 63.5 Å². The van der Waals surface area contributed by atoms with E-state index in [2.05, 4.69) is 10.3 Å². The summed E-state index contributed by atoms with van der Waals surface area (Å²) >= 11 is 1.41. The maximum Gasteiger partial charge on any atom is 0.282 e. The van der Waals surface area contributed by atoms with Crippen molar-refractivity contribution < 1.29 is 4.79 Å². The lowest BCUT2D eigenvalue weighted by atomic mass is 10.1. The van der Waals surface area contributed by atoms with Crippen molar-refractivity contribution >= 4 is 27.9 Å². The molecule has 0 unspecified atom stereocenters. The monoisotopic (exact) mass is 327 g/mol. The van der Waals surface area contributed by atoms with Crippen LogP contribution in [0.2, 0.25) is 0 Å². The molecular formula is C17H17N3O2S. The van der Waals surface area contributed by atoms with E-state index in [4.69, 9.17) is 0 Å². The smallest absolute Gasteiger partial charge is 0.282 e. The van der Waals surface area contributed by atoms with Gasteiger partial charge in [-0.05, 0) is 26.3 Å². The molecule has 0 saturated heterocycles. The van der Waals surface area contributed by atoms with E-state index in [0.717, 1.165) is 16.8 Å². The highest BCUT2D eigenvalue weighted by molar-refractivity contribution is 7.15. The molecule has 3 aromatic rings. The number of hydrogen-bond donors (Lipinski definition) is 1. The molecule has 0 radical (unpaired) electrons. The first-order chi connectivity index (χ1) is 11.0. The van der Waals surface area contributed by atoms with Gasteiger partial charge in [-0.15, -0.1) is 11.3 Å². The van der Waals surface area contributed by atoms with E-state index in [1.165, 1.54) is 15.7 Å². The average molecular weight is 327 g/mol. The first kappa shape index (κ1) is 15.4. The molecule has 0 bridgehead atoms. The van der Waals surface area contributed by atoms with Crippen molar-refractivity contribution in [3.8, 4) is 0 Å². The predicted molar refractivity (Wildman–Crippen MR) is 92.3 cm³/mol. The first-order valence-corrected chi connectivity index (χ1v) is 8.16. The second-order valence-electron chi connectivity index (χ2n) is 5.59. The highest BCUT2D eigenvalue weighted by atomic mass is 32.1. The van der Waals surface area contributed by atoms with Crippen LogP contribution in [0.25, 0.3) is 4.96 Å². The first-order valence-electron chi connectivity index (χ1n) is 7.28. The van der Waals surface area contributed by atoms with Crippen LogP contribution in [0.1, 0.15) is 22.5 Å². The van der Waals surface area contributed by atoms with Crippen molar-refractivity contribution in [1.82, 2.24) is 9.38 Å². The number of thiazole rings is 1. The number of benzene rings is 1. The third kappa shape index (κ3) is 3.03. The average Bonchev–Trinajstić information content (AvgIpc) is 2.84. The van der Waals surface area contributed by atoms with Crippen LogP contribution in [0.3, 0.4) is 0 Å². The second-order valence-corrected chi connectivity index (χ2v) is 6.42. The summed E-state index contributed by atoms with van der Waals surface area (Å²) in [7, 11) is 0. The zero-order chi connectivity index (χ0) is 16.6. The third-order valence-corrected chi connectivity index (χ3v) is 4.58. The summed E-state index contributed by atoms with van der Waals surface area (Å²) in [5, 5.41) is 4.60. The van der Waals surface area contributed by atoms with E-state index in [-0.39, 0.29) is 23.6 Å². The summed E-state index contributed by atoms with van der Waals surface area (Å²) in [6.07, 6.45) is 0.228. The van der Waals surface area contributed by atoms with Gasteiger partial charge >= 0.3 is 0 Å². The van der Waals surface area contributed by atoms with Gasteiger partial charge in [0, 0.05) is 11.1 Å². The van der Waals surface area contributed by atoms with Gasteiger partial charge in [0.25, 0.3) is 5.56 Å². The van der Waals surface area contributed by atoms with Crippen molar-refractivity contribution in [2.24, 2.45) is 0 Å². The molecule has 1 amide bonds. The highest BCUT2D eigenvalue weighted by Crippen LogP contribution is 2.16. The molecule has 118 valence electrons. The standard InChI is InChI=1S/C17H17N3O2S/c1-10-5-4-6-13(7-10)8-14(21)19-15-12(3)18-17-20(16(15)22)11(2)9-23-17/h4-7,9H,8H2,1-3H3,(H,19,21). The van der Waals surface area contributed by atoms with Gasteiger partial charge in [-0.1, -0.05) is 29.8 Å². The minimum absolute atomic E-state index is 0.217. The highest BCUT2D eigenvalue weighted by Gasteiger charge is 2.15. The molecule has 0 aliphatic heterocycles. The predicted octanol–water partition coefficient (Wildman–Crippen LogP) is 2.86. The SMILES string of the molecule is Cc1cccc(CC(=O)Nc2c(C)nc3scc(C)n3c2=O)c1. The van der Waals surface area contributed by atoms with Gasteiger partial charge in [0.1, 0.15) is 5.69 Å². The minimum Gasteiger partial charge on any atom is -0.320 e. The Morgan fingerprint density at radius 1 is 1.30 bits per heavy atom. The molecule has 0 saturated carbocycles. The van der Waals surface area contributed by atoms with E-state index < -0.39 is 0 Å². The molecule has 23 heavy (non-hydrogen) atoms. The lowest BCUT2D eigenvalue weighted by Crippen LogP contribution is -2.25. The Morgan fingerprint density at radius 3 is 2.83 bits per heavy atom. The number of hydrogen-bond acceptors (Lipinski definition) is 4. The summed E-state index contributed by atoms with van der Waals surface area (Å²) in [6.45, 7) is 5.56. The van der Waals surface area contributed by atoms with Crippen molar-refractivity contribution in [2.45, 2.75) is 27.2 Å². The van der Waals surface area contributed by atoms with Crippen molar-refractivity contribution in [3.05, 3.63) is 62.5 Å². The Hall–Kier alpha value is -2.47. The fourth-order valence-corrected chi connectivity index (χ4v) is 3.42. The van der Waals surface area contributed by atoms with Crippen LogP contribution in [-0.4, -0.2) is 15.3 Å². The minimum atomic E-state index is -0.233. The van der Waals surface area contributed by atoms with Gasteiger partial charge in [-0.25, -0.2) is 4.98 Å². The van der Waals surface area contributed by atoms with Crippen molar-refractivity contribution in [1.29, 1.82) is 0 Å². The third-order valence-electron chi connectivity index (χ3n) is 3.63. The fourth-order valence-electron chi connectivity index (χ4n) is 2.52. The molecule has 2 heterocycles. The number of carbonyl (C=O) groups excluding carboxylic acids is 1. The molecular weight excluding hydrogens is 310 g/mol. The van der Waals surface area contributed by atoms with Gasteiger partial charge in [0.15, 0.2) is 4.96 Å². The zero-order valence-electron chi connectivity index (χ0n) is 13.2. The number of aromatic nitrogens is 2. The maximum atomic E-state index is 12.6. The number of aryl methyl sites for hydroxylation is 3. The summed E-state index contributed by atoms with van der Waals surface area (Å²) in [5.74, 6) is -0.217. The number of anilines is 1. The quantitative estimate of drug-likeness (QED) is 0.804. The lowest BCUT2D eigenvalue weighted by Gasteiger charge is -2.08. The van der Waals surface area contributed by atoms with Crippen molar-refractivity contribution in [2.75, 3.05) is 5.32 Å². The Labute approximate surface area is 137 Å². The molecule has 0 fully saturated rings. The molecule has 2 aromatic heterocycles. The largest absolute Gasteiger partial charge is 0.320 e. The Kier molecular flexibility index (Phi) is 4.00. The van der Waals surface area contributed by atoms with Crippen LogP contribution < -0.4 is 10.9 Å². The lowest BCUT2D eigenvalue weighted by molar-refractivity contribution is -0.115. The summed E-state index contributed by atoms with van der Waals surface area (Å²) in [5.41, 5.74) is 3.39. The van der Waals surface area contributed by atoms with Gasteiger partial charge in [0.2, 0.25) is 5.91 Å². The summed E-state index contributed by atoms with van der Waals surface area (Å²) in [4.78, 5) is 29.9. The Morgan fingerprint density at radius 2 is 2.09 bits per heavy atom. The molecule has 0 atom stereocenters. The van der Waals surface area contributed by atoms with Crippen LogP contribution in [-0.2, 0) is 11.2 Å². The molecule has 0 aliphatic rings. The van der Waals surface area contributed by atoms with Crippen LogP contribution in [0, 0.1) is 20.8 Å². The number of nitrogens with zero attached hydrogens (tertiary/aromatic N) is 2. The molecule has 5 nitrogen and oxygen atoms in total.